The third kappa shape index (κ3) is 1.27. The summed E-state index contributed by atoms with van der Waals surface area (Å²) in [5.41, 5.74) is 0.526. The summed E-state index contributed by atoms with van der Waals surface area (Å²) in [6.07, 6.45) is 3.06. The summed E-state index contributed by atoms with van der Waals surface area (Å²) in [6.45, 7) is 0. The second-order valence-corrected chi connectivity index (χ2v) is 4.00. The first kappa shape index (κ1) is 10.6. The van der Waals surface area contributed by atoms with E-state index < -0.39 is 11.2 Å². The fourth-order valence-electron chi connectivity index (χ4n) is 1.96. The molecule has 0 fully saturated rings. The number of hydrogen-bond donors (Lipinski definition) is 1. The fourth-order valence-corrected chi connectivity index (χ4v) is 1.96. The van der Waals surface area contributed by atoms with E-state index in [4.69, 9.17) is 4.42 Å². The van der Waals surface area contributed by atoms with Gasteiger partial charge in [0, 0.05) is 14.1 Å². The van der Waals surface area contributed by atoms with Gasteiger partial charge in [-0.05, 0) is 6.07 Å². The van der Waals surface area contributed by atoms with Gasteiger partial charge in [0.15, 0.2) is 11.2 Å². The first-order valence-corrected chi connectivity index (χ1v) is 5.28. The molecule has 0 amide bonds. The van der Waals surface area contributed by atoms with Crippen LogP contribution in [0.25, 0.3) is 22.6 Å². The standard InChI is InChI=1S/C11H10N4O3/c1-14-7-9(15(2)11(17)13-10(7)16)12-8(14)6-3-4-18-5-6/h3-5H,1-2H3,(H,13,16,17). The van der Waals surface area contributed by atoms with E-state index in [1.54, 1.807) is 24.7 Å². The van der Waals surface area contributed by atoms with Crippen molar-refractivity contribution in [3.8, 4) is 11.4 Å². The van der Waals surface area contributed by atoms with Crippen molar-refractivity contribution in [3.63, 3.8) is 0 Å². The van der Waals surface area contributed by atoms with Gasteiger partial charge >= 0.3 is 5.69 Å². The average molecular weight is 246 g/mol. The van der Waals surface area contributed by atoms with Crippen molar-refractivity contribution in [2.75, 3.05) is 0 Å². The van der Waals surface area contributed by atoms with Crippen molar-refractivity contribution in [1.29, 1.82) is 0 Å². The second kappa shape index (κ2) is 3.46. The average Bonchev–Trinajstić information content (AvgIpc) is 2.93. The Labute approximate surface area is 100 Å². The summed E-state index contributed by atoms with van der Waals surface area (Å²) in [5.74, 6) is 0.574. The van der Waals surface area contributed by atoms with Crippen molar-refractivity contribution < 1.29 is 4.42 Å². The summed E-state index contributed by atoms with van der Waals surface area (Å²) in [5, 5.41) is 0. The minimum Gasteiger partial charge on any atom is -0.472 e. The van der Waals surface area contributed by atoms with E-state index in [0.717, 1.165) is 5.56 Å². The molecule has 0 radical (unpaired) electrons. The highest BCUT2D eigenvalue weighted by atomic mass is 16.3. The largest absolute Gasteiger partial charge is 0.472 e. The minimum atomic E-state index is -0.482. The maximum absolute atomic E-state index is 11.8. The van der Waals surface area contributed by atoms with E-state index >= 15 is 0 Å². The Balaban J connectivity index is 2.49. The Hall–Kier alpha value is -2.57. The molecule has 3 aromatic rings. The van der Waals surface area contributed by atoms with Gasteiger partial charge in [-0.15, -0.1) is 0 Å². The summed E-state index contributed by atoms with van der Waals surface area (Å²) < 4.78 is 7.94. The molecule has 1 N–H and O–H groups in total. The Kier molecular flexibility index (Phi) is 2.03. The summed E-state index contributed by atoms with van der Waals surface area (Å²) in [7, 11) is 3.28. The van der Waals surface area contributed by atoms with Crippen LogP contribution in [0.5, 0.6) is 0 Å². The van der Waals surface area contributed by atoms with Crippen LogP contribution >= 0.6 is 0 Å². The molecule has 3 aromatic heterocycles. The molecule has 0 aliphatic rings. The zero-order valence-corrected chi connectivity index (χ0v) is 9.80. The summed E-state index contributed by atoms with van der Waals surface area (Å²) in [4.78, 5) is 29.9. The van der Waals surface area contributed by atoms with Crippen LogP contribution in [-0.4, -0.2) is 19.1 Å². The monoisotopic (exact) mass is 246 g/mol. The minimum absolute atomic E-state index is 0.349. The van der Waals surface area contributed by atoms with Gasteiger partial charge in [0.2, 0.25) is 0 Å². The van der Waals surface area contributed by atoms with Crippen LogP contribution in [0.1, 0.15) is 0 Å². The number of furan rings is 1. The molecule has 3 heterocycles. The molecule has 0 unspecified atom stereocenters. The Bertz CT molecular complexity index is 836. The first-order chi connectivity index (χ1) is 8.59. The zero-order chi connectivity index (χ0) is 12.9. The van der Waals surface area contributed by atoms with Crippen molar-refractivity contribution >= 4 is 11.2 Å². The van der Waals surface area contributed by atoms with E-state index in [1.165, 1.54) is 17.1 Å². The van der Waals surface area contributed by atoms with E-state index in [9.17, 15) is 9.59 Å². The lowest BCUT2D eigenvalue weighted by atomic mass is 10.3. The quantitative estimate of drug-likeness (QED) is 0.665. The lowest BCUT2D eigenvalue weighted by Gasteiger charge is -1.98. The number of aromatic amines is 1. The molecular weight excluding hydrogens is 236 g/mol. The predicted molar refractivity (Wildman–Crippen MR) is 64.3 cm³/mol. The molecule has 0 aliphatic heterocycles. The molecule has 18 heavy (non-hydrogen) atoms. The van der Waals surface area contributed by atoms with Gasteiger partial charge in [0.1, 0.15) is 12.1 Å². The maximum Gasteiger partial charge on any atom is 0.329 e. The summed E-state index contributed by atoms with van der Waals surface area (Å²) in [6, 6.07) is 1.74. The normalized spacial score (nSPS) is 11.2. The summed E-state index contributed by atoms with van der Waals surface area (Å²) >= 11 is 0. The number of nitrogens with zero attached hydrogens (tertiary/aromatic N) is 3. The van der Waals surface area contributed by atoms with E-state index in [0.29, 0.717) is 17.0 Å². The lowest BCUT2D eigenvalue weighted by Crippen LogP contribution is -2.29. The Morgan fingerprint density at radius 3 is 2.72 bits per heavy atom. The van der Waals surface area contributed by atoms with Crippen LogP contribution in [0.4, 0.5) is 0 Å². The number of aryl methyl sites for hydroxylation is 2. The number of H-pyrrole nitrogens is 1. The van der Waals surface area contributed by atoms with Gasteiger partial charge in [0.25, 0.3) is 5.56 Å². The van der Waals surface area contributed by atoms with Crippen molar-refractivity contribution in [3.05, 3.63) is 39.4 Å². The molecule has 0 aromatic carbocycles. The Morgan fingerprint density at radius 2 is 2.06 bits per heavy atom. The molecular formula is C11H10N4O3. The molecule has 0 atom stereocenters. The molecule has 3 rings (SSSR count). The van der Waals surface area contributed by atoms with E-state index in [2.05, 4.69) is 9.97 Å². The van der Waals surface area contributed by atoms with Crippen LogP contribution in [0.3, 0.4) is 0 Å². The molecule has 92 valence electrons. The lowest BCUT2D eigenvalue weighted by molar-refractivity contribution is 0.567. The van der Waals surface area contributed by atoms with Gasteiger partial charge in [-0.2, -0.15) is 0 Å². The van der Waals surface area contributed by atoms with Crippen molar-refractivity contribution in [2.45, 2.75) is 0 Å². The van der Waals surface area contributed by atoms with E-state index in [1.807, 2.05) is 0 Å². The maximum atomic E-state index is 11.8. The molecule has 0 bridgehead atoms. The SMILES string of the molecule is Cn1c(-c2ccoc2)nc2c1c(=O)[nH]c(=O)n2C. The van der Waals surface area contributed by atoms with Gasteiger partial charge in [-0.25, -0.2) is 9.78 Å². The van der Waals surface area contributed by atoms with Crippen LogP contribution in [0, 0.1) is 0 Å². The molecule has 7 heteroatoms. The molecule has 0 spiro atoms. The highest BCUT2D eigenvalue weighted by Gasteiger charge is 2.16. The molecule has 0 saturated carbocycles. The van der Waals surface area contributed by atoms with Crippen LogP contribution in [-0.2, 0) is 14.1 Å². The number of rotatable bonds is 1. The van der Waals surface area contributed by atoms with E-state index in [-0.39, 0.29) is 0 Å². The number of fused-ring (bicyclic) bond motifs is 1. The number of imidazole rings is 1. The second-order valence-electron chi connectivity index (χ2n) is 4.00. The fraction of sp³-hybridized carbons (Fsp3) is 0.182. The van der Waals surface area contributed by atoms with Crippen LogP contribution in [0.2, 0.25) is 0 Å². The van der Waals surface area contributed by atoms with Gasteiger partial charge in [0.05, 0.1) is 11.8 Å². The number of hydrogen-bond acceptors (Lipinski definition) is 4. The first-order valence-electron chi connectivity index (χ1n) is 5.28. The molecule has 0 aliphatic carbocycles. The smallest absolute Gasteiger partial charge is 0.329 e. The topological polar surface area (TPSA) is 85.8 Å². The molecule has 7 nitrogen and oxygen atoms in total. The van der Waals surface area contributed by atoms with Crippen LogP contribution < -0.4 is 11.2 Å². The molecule has 0 saturated heterocycles. The predicted octanol–water partition coefficient (Wildman–Crippen LogP) is 0.220. The highest BCUT2D eigenvalue weighted by Crippen LogP contribution is 2.20. The third-order valence-corrected chi connectivity index (χ3v) is 2.91. The van der Waals surface area contributed by atoms with Crippen molar-refractivity contribution in [2.24, 2.45) is 14.1 Å². The highest BCUT2D eigenvalue weighted by molar-refractivity contribution is 5.76. The Morgan fingerprint density at radius 1 is 1.28 bits per heavy atom. The zero-order valence-electron chi connectivity index (χ0n) is 9.80. The van der Waals surface area contributed by atoms with Gasteiger partial charge in [-0.1, -0.05) is 0 Å². The van der Waals surface area contributed by atoms with Gasteiger partial charge in [-0.3, -0.25) is 14.3 Å². The number of aromatic nitrogens is 4. The third-order valence-electron chi connectivity index (χ3n) is 2.91. The van der Waals surface area contributed by atoms with Gasteiger partial charge < -0.3 is 8.98 Å². The van der Waals surface area contributed by atoms with Crippen molar-refractivity contribution in [1.82, 2.24) is 19.1 Å². The van der Waals surface area contributed by atoms with Crippen LogP contribution in [0.15, 0.2) is 32.6 Å². The number of nitrogens with one attached hydrogen (secondary N) is 1.